The van der Waals surface area contributed by atoms with E-state index in [1.807, 2.05) is 71.8 Å². The number of hydrogen-bond donors (Lipinski definition) is 1. The first kappa shape index (κ1) is 30.4. The molecule has 45 heavy (non-hydrogen) atoms. The van der Waals surface area contributed by atoms with Crippen LogP contribution in [0.5, 0.6) is 0 Å². The monoisotopic (exact) mass is 645 g/mol. The van der Waals surface area contributed by atoms with Crippen molar-refractivity contribution in [1.29, 1.82) is 0 Å². The second-order valence-corrected chi connectivity index (χ2v) is 12.1. The molecular formula is C33H26F3N5O2S2. The van der Waals surface area contributed by atoms with Crippen LogP contribution < -0.4 is 10.2 Å². The predicted molar refractivity (Wildman–Crippen MR) is 172 cm³/mol. The number of non-ortho nitro benzene ring substituents is 1. The standard InChI is InChI=1S/C33H26F3N5O2S2/c1-20-18-28(21(2)39(20)25-7-5-6-22(19-25)33(34,35)36)31-30(29-8-3-4-17-37-29)38-32(44)40(31)23-9-13-26(14-10-23)45-27-15-11-24(12-16-27)41(42)43/h3-19,30-31H,1-2H3,(H,38,44)/t30-,31+/m0/s1. The molecule has 0 aliphatic carbocycles. The lowest BCUT2D eigenvalue weighted by Crippen LogP contribution is -2.29. The summed E-state index contributed by atoms with van der Waals surface area (Å²) in [5, 5.41) is 14.9. The number of rotatable bonds is 7. The molecule has 2 aromatic heterocycles. The molecule has 0 unspecified atom stereocenters. The fraction of sp³-hybridized carbons (Fsp3) is 0.152. The van der Waals surface area contributed by atoms with Gasteiger partial charge in [-0.1, -0.05) is 23.9 Å². The Morgan fingerprint density at radius 3 is 2.22 bits per heavy atom. The number of halogens is 3. The summed E-state index contributed by atoms with van der Waals surface area (Å²) in [6, 6.07) is 26.5. The van der Waals surface area contributed by atoms with Crippen LogP contribution in [0, 0.1) is 24.0 Å². The van der Waals surface area contributed by atoms with Crippen molar-refractivity contribution in [2.45, 2.75) is 41.9 Å². The second-order valence-electron chi connectivity index (χ2n) is 10.6. The van der Waals surface area contributed by atoms with E-state index in [1.54, 1.807) is 24.4 Å². The zero-order valence-corrected chi connectivity index (χ0v) is 25.7. The highest BCUT2D eigenvalue weighted by molar-refractivity contribution is 7.99. The Labute approximate surface area is 266 Å². The molecule has 0 spiro atoms. The highest BCUT2D eigenvalue weighted by Crippen LogP contribution is 2.44. The quantitative estimate of drug-likeness (QED) is 0.108. The molecule has 0 amide bonds. The minimum atomic E-state index is -4.46. The van der Waals surface area contributed by atoms with E-state index in [2.05, 4.69) is 10.3 Å². The van der Waals surface area contributed by atoms with Crippen molar-refractivity contribution in [2.75, 3.05) is 4.90 Å². The van der Waals surface area contributed by atoms with Gasteiger partial charge < -0.3 is 14.8 Å². The molecule has 12 heteroatoms. The molecule has 3 heterocycles. The van der Waals surface area contributed by atoms with E-state index in [4.69, 9.17) is 12.2 Å². The minimum Gasteiger partial charge on any atom is -0.351 e. The van der Waals surface area contributed by atoms with Crippen molar-refractivity contribution < 1.29 is 18.1 Å². The molecule has 228 valence electrons. The number of benzene rings is 3. The molecule has 1 fully saturated rings. The summed E-state index contributed by atoms with van der Waals surface area (Å²) in [5.41, 5.74) is 3.83. The van der Waals surface area contributed by atoms with Crippen LogP contribution in [0.3, 0.4) is 0 Å². The number of nitrogens with zero attached hydrogens (tertiary/aromatic N) is 4. The Bertz CT molecular complexity index is 1880. The first-order valence-electron chi connectivity index (χ1n) is 13.9. The zero-order valence-electron chi connectivity index (χ0n) is 24.0. The summed E-state index contributed by atoms with van der Waals surface area (Å²) in [5.74, 6) is 0. The molecule has 2 atom stereocenters. The van der Waals surface area contributed by atoms with Gasteiger partial charge in [0.2, 0.25) is 0 Å². The maximum absolute atomic E-state index is 13.6. The molecule has 3 aromatic carbocycles. The highest BCUT2D eigenvalue weighted by Gasteiger charge is 2.42. The van der Waals surface area contributed by atoms with Crippen LogP contribution in [0.25, 0.3) is 5.69 Å². The lowest BCUT2D eigenvalue weighted by atomic mass is 9.96. The Balaban J connectivity index is 1.38. The maximum atomic E-state index is 13.6. The molecule has 5 aromatic rings. The lowest BCUT2D eigenvalue weighted by molar-refractivity contribution is -0.384. The lowest BCUT2D eigenvalue weighted by Gasteiger charge is -2.28. The predicted octanol–water partition coefficient (Wildman–Crippen LogP) is 8.74. The van der Waals surface area contributed by atoms with E-state index in [1.165, 1.54) is 30.0 Å². The second kappa shape index (κ2) is 12.0. The fourth-order valence-corrected chi connectivity index (χ4v) is 6.86. The summed E-state index contributed by atoms with van der Waals surface area (Å²) in [6.07, 6.45) is -2.74. The van der Waals surface area contributed by atoms with Gasteiger partial charge in [-0.2, -0.15) is 13.2 Å². The van der Waals surface area contributed by atoms with E-state index < -0.39 is 16.7 Å². The first-order valence-corrected chi connectivity index (χ1v) is 15.1. The van der Waals surface area contributed by atoms with Gasteiger partial charge in [0.25, 0.3) is 5.69 Å². The van der Waals surface area contributed by atoms with Gasteiger partial charge in [-0.3, -0.25) is 15.1 Å². The van der Waals surface area contributed by atoms with Gasteiger partial charge in [0, 0.05) is 50.9 Å². The first-order chi connectivity index (χ1) is 21.5. The number of nitrogens with one attached hydrogen (secondary N) is 1. The molecule has 6 rings (SSSR count). The third-order valence-electron chi connectivity index (χ3n) is 7.72. The summed E-state index contributed by atoms with van der Waals surface area (Å²) in [7, 11) is 0. The molecule has 1 aliphatic rings. The number of thiocarbonyl (C=S) groups is 1. The van der Waals surface area contributed by atoms with Gasteiger partial charge in [-0.05, 0) is 104 Å². The largest absolute Gasteiger partial charge is 0.416 e. The number of nitro groups is 1. The molecule has 7 nitrogen and oxygen atoms in total. The highest BCUT2D eigenvalue weighted by atomic mass is 32.2. The van der Waals surface area contributed by atoms with Crippen LogP contribution in [0.15, 0.2) is 113 Å². The molecular weight excluding hydrogens is 620 g/mol. The zero-order chi connectivity index (χ0) is 31.9. The Hall–Kier alpha value is -4.68. The van der Waals surface area contributed by atoms with E-state index >= 15 is 0 Å². The van der Waals surface area contributed by atoms with Crippen LogP contribution >= 0.6 is 24.0 Å². The van der Waals surface area contributed by atoms with Gasteiger partial charge in [0.15, 0.2) is 5.11 Å². The topological polar surface area (TPSA) is 76.2 Å². The summed E-state index contributed by atoms with van der Waals surface area (Å²) < 4.78 is 42.6. The number of alkyl halides is 3. The maximum Gasteiger partial charge on any atom is 0.416 e. The third-order valence-corrected chi connectivity index (χ3v) is 9.05. The number of anilines is 1. The van der Waals surface area contributed by atoms with E-state index in [9.17, 15) is 23.3 Å². The van der Waals surface area contributed by atoms with Gasteiger partial charge >= 0.3 is 6.18 Å². The van der Waals surface area contributed by atoms with Crippen LogP contribution in [-0.4, -0.2) is 19.6 Å². The van der Waals surface area contributed by atoms with Gasteiger partial charge in [0.1, 0.15) is 0 Å². The van der Waals surface area contributed by atoms with Crippen LogP contribution in [-0.2, 0) is 6.18 Å². The number of aromatic nitrogens is 2. The Morgan fingerprint density at radius 2 is 1.60 bits per heavy atom. The van der Waals surface area contributed by atoms with Crippen molar-refractivity contribution in [3.63, 3.8) is 0 Å². The average Bonchev–Trinajstić information content (AvgIpc) is 3.52. The van der Waals surface area contributed by atoms with E-state index in [-0.39, 0.29) is 17.8 Å². The normalized spacial score (nSPS) is 16.6. The van der Waals surface area contributed by atoms with Gasteiger partial charge in [-0.15, -0.1) is 0 Å². The molecule has 0 bridgehead atoms. The number of hydrogen-bond acceptors (Lipinski definition) is 5. The molecule has 0 radical (unpaired) electrons. The van der Waals surface area contributed by atoms with Crippen LogP contribution in [0.2, 0.25) is 0 Å². The number of aryl methyl sites for hydroxylation is 1. The molecule has 1 saturated heterocycles. The summed E-state index contributed by atoms with van der Waals surface area (Å²) in [6.45, 7) is 3.78. The van der Waals surface area contributed by atoms with Gasteiger partial charge in [-0.25, -0.2) is 0 Å². The van der Waals surface area contributed by atoms with Crippen molar-refractivity contribution in [3.05, 3.63) is 142 Å². The molecule has 0 saturated carbocycles. The van der Waals surface area contributed by atoms with Crippen LogP contribution in [0.1, 0.15) is 40.3 Å². The SMILES string of the molecule is Cc1cc([C@@H]2[C@H](c3ccccn3)NC(=S)N2c2ccc(Sc3ccc([N+](=O)[O-])cc3)cc2)c(C)n1-c1cccc(C(F)(F)F)c1. The average molecular weight is 646 g/mol. The fourth-order valence-electron chi connectivity index (χ4n) is 5.70. The third kappa shape index (κ3) is 6.03. The smallest absolute Gasteiger partial charge is 0.351 e. The van der Waals surface area contributed by atoms with Crippen molar-refractivity contribution >= 4 is 40.5 Å². The van der Waals surface area contributed by atoms with Crippen molar-refractivity contribution in [3.8, 4) is 5.69 Å². The minimum absolute atomic E-state index is 0.0330. The number of nitro benzene ring substituents is 1. The Kier molecular flexibility index (Phi) is 8.10. The van der Waals surface area contributed by atoms with Crippen molar-refractivity contribution in [2.24, 2.45) is 0 Å². The van der Waals surface area contributed by atoms with E-state index in [0.29, 0.717) is 10.8 Å². The number of pyridine rings is 1. The van der Waals surface area contributed by atoms with E-state index in [0.717, 1.165) is 50.3 Å². The summed E-state index contributed by atoms with van der Waals surface area (Å²) in [4.78, 5) is 19.0. The van der Waals surface area contributed by atoms with Crippen LogP contribution in [0.4, 0.5) is 24.5 Å². The Morgan fingerprint density at radius 1 is 0.911 bits per heavy atom. The molecule has 1 N–H and O–H groups in total. The van der Waals surface area contributed by atoms with Crippen molar-refractivity contribution in [1.82, 2.24) is 14.9 Å². The van der Waals surface area contributed by atoms with Gasteiger partial charge in [0.05, 0.1) is 28.3 Å². The summed E-state index contributed by atoms with van der Waals surface area (Å²) >= 11 is 7.36. The molecule has 1 aliphatic heterocycles.